The molecule has 0 spiro atoms. The van der Waals surface area contributed by atoms with E-state index in [0.717, 1.165) is 29.7 Å². The van der Waals surface area contributed by atoms with E-state index >= 15 is 0 Å². The number of ether oxygens (including phenoxy) is 1. The molecule has 0 saturated carbocycles. The number of nitrogens with zero attached hydrogens (tertiary/aromatic N) is 3. The second-order valence-corrected chi connectivity index (χ2v) is 10.5. The first-order valence-corrected chi connectivity index (χ1v) is 13.6. The summed E-state index contributed by atoms with van der Waals surface area (Å²) >= 11 is 6.81. The Balaban J connectivity index is 1.49. The molecule has 1 amide bonds. The minimum absolute atomic E-state index is 0.0752. The third-order valence-corrected chi connectivity index (χ3v) is 7.50. The largest absolute Gasteiger partial charge is 0.489 e. The normalized spacial score (nSPS) is 14.5. The van der Waals surface area contributed by atoms with Crippen LogP contribution in [0.3, 0.4) is 0 Å². The Morgan fingerprint density at radius 1 is 1.05 bits per heavy atom. The summed E-state index contributed by atoms with van der Waals surface area (Å²) in [5, 5.41) is 4.87. The standard InChI is InChI=1S/C30H26FN3O2S2/c1-2-3-16-33-29(35)27(38-30(33)37)18-23-19-34(24-12-5-4-6-13-24)32-28(23)21-11-9-14-25(17-21)36-20-22-10-7-8-15-26(22)31/h4-15,17-19H,2-3,16,20H2,1H3. The highest BCUT2D eigenvalue weighted by molar-refractivity contribution is 8.26. The molecule has 38 heavy (non-hydrogen) atoms. The second-order valence-electron chi connectivity index (χ2n) is 8.81. The summed E-state index contributed by atoms with van der Waals surface area (Å²) in [4.78, 5) is 15.4. The van der Waals surface area contributed by atoms with E-state index in [-0.39, 0.29) is 18.3 Å². The molecule has 1 aliphatic rings. The molecule has 5 nitrogen and oxygen atoms in total. The molecule has 3 aromatic carbocycles. The van der Waals surface area contributed by atoms with Gasteiger partial charge in [-0.25, -0.2) is 9.07 Å². The molecule has 0 N–H and O–H groups in total. The highest BCUT2D eigenvalue weighted by Crippen LogP contribution is 2.35. The predicted octanol–water partition coefficient (Wildman–Crippen LogP) is 7.26. The summed E-state index contributed by atoms with van der Waals surface area (Å²) in [6.45, 7) is 2.82. The van der Waals surface area contributed by atoms with E-state index in [1.807, 2.05) is 66.9 Å². The smallest absolute Gasteiger partial charge is 0.266 e. The van der Waals surface area contributed by atoms with Crippen LogP contribution in [0.1, 0.15) is 30.9 Å². The van der Waals surface area contributed by atoms with Crippen LogP contribution in [0.2, 0.25) is 0 Å². The number of benzene rings is 3. The fraction of sp³-hybridized carbons (Fsp3) is 0.167. The Morgan fingerprint density at radius 3 is 2.63 bits per heavy atom. The van der Waals surface area contributed by atoms with Gasteiger partial charge in [0.2, 0.25) is 0 Å². The van der Waals surface area contributed by atoms with E-state index in [1.54, 1.807) is 27.8 Å². The molecule has 0 unspecified atom stereocenters. The summed E-state index contributed by atoms with van der Waals surface area (Å²) in [5.74, 6) is 0.217. The Bertz CT molecular complexity index is 1500. The molecule has 8 heteroatoms. The average Bonchev–Trinajstić information content (AvgIpc) is 3.48. The van der Waals surface area contributed by atoms with Crippen LogP contribution >= 0.6 is 24.0 Å². The Hall–Kier alpha value is -3.75. The first-order chi connectivity index (χ1) is 18.5. The topological polar surface area (TPSA) is 47.4 Å². The fourth-order valence-electron chi connectivity index (χ4n) is 4.09. The van der Waals surface area contributed by atoms with Crippen molar-refractivity contribution in [2.75, 3.05) is 6.54 Å². The fourth-order valence-corrected chi connectivity index (χ4v) is 5.39. The minimum atomic E-state index is -0.302. The first-order valence-electron chi connectivity index (χ1n) is 12.4. The number of hydrogen-bond acceptors (Lipinski definition) is 5. The number of thiocarbonyl (C=S) groups is 1. The van der Waals surface area contributed by atoms with Gasteiger partial charge in [-0.3, -0.25) is 9.69 Å². The number of carbonyl (C=O) groups excluding carboxylic acids is 1. The van der Waals surface area contributed by atoms with Crippen molar-refractivity contribution in [3.8, 4) is 22.7 Å². The van der Waals surface area contributed by atoms with Gasteiger partial charge in [0.1, 0.15) is 28.2 Å². The van der Waals surface area contributed by atoms with Gasteiger partial charge < -0.3 is 4.74 Å². The molecule has 1 aromatic heterocycles. The summed E-state index contributed by atoms with van der Waals surface area (Å²) in [5.41, 5.74) is 3.69. The van der Waals surface area contributed by atoms with Crippen LogP contribution in [0.4, 0.5) is 4.39 Å². The maximum atomic E-state index is 14.1. The molecule has 2 heterocycles. The molecule has 1 aliphatic heterocycles. The van der Waals surface area contributed by atoms with Crippen LogP contribution in [0.15, 0.2) is 90.0 Å². The van der Waals surface area contributed by atoms with Crippen LogP contribution in [0, 0.1) is 5.82 Å². The lowest BCUT2D eigenvalue weighted by Crippen LogP contribution is -2.28. The molecule has 1 fully saturated rings. The molecule has 0 radical (unpaired) electrons. The van der Waals surface area contributed by atoms with E-state index in [2.05, 4.69) is 6.92 Å². The van der Waals surface area contributed by atoms with E-state index < -0.39 is 0 Å². The second kappa shape index (κ2) is 11.8. The molecule has 0 aliphatic carbocycles. The van der Waals surface area contributed by atoms with Crippen molar-refractivity contribution >= 4 is 40.3 Å². The highest BCUT2D eigenvalue weighted by Gasteiger charge is 2.32. The van der Waals surface area contributed by atoms with Crippen LogP contribution in [0.25, 0.3) is 23.0 Å². The van der Waals surface area contributed by atoms with E-state index in [9.17, 15) is 9.18 Å². The quantitative estimate of drug-likeness (QED) is 0.164. The van der Waals surface area contributed by atoms with Crippen LogP contribution < -0.4 is 4.74 Å². The number of rotatable bonds is 9. The lowest BCUT2D eigenvalue weighted by atomic mass is 10.1. The lowest BCUT2D eigenvalue weighted by molar-refractivity contribution is -0.122. The number of carbonyl (C=O) groups is 1. The Labute approximate surface area is 230 Å². The van der Waals surface area contributed by atoms with Crippen LogP contribution in [-0.4, -0.2) is 31.5 Å². The highest BCUT2D eigenvalue weighted by atomic mass is 32.2. The van der Waals surface area contributed by atoms with Crippen molar-refractivity contribution in [1.82, 2.24) is 14.7 Å². The number of halogens is 1. The molecule has 192 valence electrons. The van der Waals surface area contributed by atoms with E-state index in [1.165, 1.54) is 17.8 Å². The summed E-state index contributed by atoms with van der Waals surface area (Å²) in [6.07, 6.45) is 5.66. The predicted molar refractivity (Wildman–Crippen MR) is 155 cm³/mol. The van der Waals surface area contributed by atoms with Crippen molar-refractivity contribution in [2.45, 2.75) is 26.4 Å². The van der Waals surface area contributed by atoms with Crippen molar-refractivity contribution in [3.05, 3.63) is 107 Å². The van der Waals surface area contributed by atoms with Gasteiger partial charge in [-0.15, -0.1) is 0 Å². The zero-order valence-corrected chi connectivity index (χ0v) is 22.5. The number of aromatic nitrogens is 2. The Kier molecular flexibility index (Phi) is 8.00. The average molecular weight is 544 g/mol. The number of hydrogen-bond donors (Lipinski definition) is 0. The monoisotopic (exact) mass is 543 g/mol. The molecular weight excluding hydrogens is 517 g/mol. The van der Waals surface area contributed by atoms with Crippen molar-refractivity contribution in [1.29, 1.82) is 0 Å². The maximum absolute atomic E-state index is 14.1. The van der Waals surface area contributed by atoms with Crippen molar-refractivity contribution in [3.63, 3.8) is 0 Å². The van der Waals surface area contributed by atoms with Gasteiger partial charge in [0.25, 0.3) is 5.91 Å². The first kappa shape index (κ1) is 25.9. The number of thioether (sulfide) groups is 1. The van der Waals surface area contributed by atoms with Crippen LogP contribution in [0.5, 0.6) is 5.75 Å². The molecular formula is C30H26FN3O2S2. The third kappa shape index (κ3) is 5.71. The molecule has 5 rings (SSSR count). The van der Waals surface area contributed by atoms with E-state index in [4.69, 9.17) is 22.1 Å². The van der Waals surface area contributed by atoms with Gasteiger partial charge in [0.05, 0.1) is 10.6 Å². The third-order valence-electron chi connectivity index (χ3n) is 6.12. The molecule has 4 aromatic rings. The van der Waals surface area contributed by atoms with Gasteiger partial charge in [0.15, 0.2) is 0 Å². The van der Waals surface area contributed by atoms with Gasteiger partial charge in [-0.2, -0.15) is 5.10 Å². The van der Waals surface area contributed by atoms with Gasteiger partial charge in [0, 0.05) is 29.4 Å². The SMILES string of the molecule is CCCCN1C(=O)C(=Cc2cn(-c3ccccc3)nc2-c2cccc(OCc3ccccc3F)c2)SC1=S. The molecule has 0 bridgehead atoms. The summed E-state index contributed by atoms with van der Waals surface area (Å²) < 4.78 is 22.3. The van der Waals surface area contributed by atoms with Crippen molar-refractivity contribution < 1.29 is 13.9 Å². The van der Waals surface area contributed by atoms with E-state index in [0.29, 0.717) is 32.8 Å². The molecule has 0 atom stereocenters. The maximum Gasteiger partial charge on any atom is 0.266 e. The summed E-state index contributed by atoms with van der Waals surface area (Å²) in [7, 11) is 0. The minimum Gasteiger partial charge on any atom is -0.489 e. The summed E-state index contributed by atoms with van der Waals surface area (Å²) in [6, 6.07) is 23.9. The number of unbranched alkanes of at least 4 members (excludes halogenated alkanes) is 1. The van der Waals surface area contributed by atoms with Crippen molar-refractivity contribution in [2.24, 2.45) is 0 Å². The van der Waals surface area contributed by atoms with Crippen LogP contribution in [-0.2, 0) is 11.4 Å². The number of amides is 1. The Morgan fingerprint density at radius 2 is 1.84 bits per heavy atom. The van der Waals surface area contributed by atoms with Gasteiger partial charge in [-0.1, -0.05) is 85.9 Å². The lowest BCUT2D eigenvalue weighted by Gasteiger charge is -2.13. The molecule has 1 saturated heterocycles. The zero-order chi connectivity index (χ0) is 26.5. The number of para-hydroxylation sites is 1. The zero-order valence-electron chi connectivity index (χ0n) is 20.8. The van der Waals surface area contributed by atoms with Gasteiger partial charge in [-0.05, 0) is 42.8 Å². The van der Waals surface area contributed by atoms with Gasteiger partial charge >= 0.3 is 0 Å².